The summed E-state index contributed by atoms with van der Waals surface area (Å²) in [6, 6.07) is 19.4. The van der Waals surface area contributed by atoms with Gasteiger partial charge in [0.2, 0.25) is 17.9 Å². The maximum atomic E-state index is 14.0. The minimum Gasteiger partial charge on any atom is -0.504 e. The van der Waals surface area contributed by atoms with Crippen LogP contribution in [0.1, 0.15) is 99.8 Å². The molecule has 6 aliphatic heterocycles. The number of nitrogens with zero attached hydrogens (tertiary/aromatic N) is 7. The molecular formula is C73H82Cl2N12O12. The number of phenolic OH excluding ortho intramolecular Hbond substituents is 2. The number of rotatable bonds is 11. The van der Waals surface area contributed by atoms with Gasteiger partial charge in [-0.2, -0.15) is 15.5 Å². The number of fused-ring (bicyclic) bond motifs is 12. The van der Waals surface area contributed by atoms with Crippen molar-refractivity contribution in [1.82, 2.24) is 35.6 Å². The van der Waals surface area contributed by atoms with Crippen molar-refractivity contribution in [2.75, 3.05) is 52.1 Å². The van der Waals surface area contributed by atoms with E-state index in [2.05, 4.69) is 48.2 Å². The van der Waals surface area contributed by atoms with Crippen molar-refractivity contribution in [2.45, 2.75) is 154 Å². The number of aryl methyl sites for hydroxylation is 2. The summed E-state index contributed by atoms with van der Waals surface area (Å²) >= 11 is 9.53. The maximum Gasteiger partial charge on any atom is 0.319 e. The minimum absolute atomic E-state index is 0.0226. The number of urea groups is 1. The third kappa shape index (κ3) is 13.8. The predicted octanol–water partition coefficient (Wildman–Crippen LogP) is 7.35. The lowest BCUT2D eigenvalue weighted by atomic mass is 9.69. The number of benzene rings is 4. The molecule has 4 aromatic rings. The van der Waals surface area contributed by atoms with Crippen LogP contribution in [-0.2, 0) is 46.4 Å². The van der Waals surface area contributed by atoms with Crippen molar-refractivity contribution in [2.24, 2.45) is 10.7 Å². The van der Waals surface area contributed by atoms with Crippen molar-refractivity contribution >= 4 is 81.6 Å². The summed E-state index contributed by atoms with van der Waals surface area (Å²) < 4.78 is 11.1. The molecule has 0 spiro atoms. The number of isocyanates is 1. The van der Waals surface area contributed by atoms with Crippen molar-refractivity contribution in [3.63, 3.8) is 0 Å². The number of amides is 4. The third-order valence-corrected chi connectivity index (χ3v) is 20.5. The van der Waals surface area contributed by atoms with Crippen LogP contribution in [0.5, 0.6) is 23.0 Å². The lowest BCUT2D eigenvalue weighted by Crippen LogP contribution is -2.71. The third-order valence-electron chi connectivity index (χ3n) is 20.5. The first-order chi connectivity index (χ1) is 47.2. The van der Waals surface area contributed by atoms with Crippen molar-refractivity contribution < 1.29 is 58.0 Å². The van der Waals surface area contributed by atoms with Gasteiger partial charge >= 0.3 is 6.03 Å². The Kier molecular flexibility index (Phi) is 23.0. The number of carbonyl (C=O) groups excluding carboxylic acids is 8. The van der Waals surface area contributed by atoms with E-state index in [0.717, 1.165) is 22.3 Å². The SMILES string of the molecule is COc1c(C)cc2c(c1O)[C@@H]1[C@@H]3CC4=C(C(=O)C(C)=C(C)C4=O)[C@H](CNC(=O)[C@H](C)N)N3[C@@H](C#N)[C@H](C2)N1C.COc1c(C)cc2c(c1O)[C@@H]1[C@@H]3CC4=C(C(=O)C(C)=C(C)C4=O)[C@H](CNC(=O)[C@H](C)NC(=O)Nc4ccccc4)N3[C@@H](C#N)[C@H](C2)N1C.ClCCl.O=C=Nc1ccccc1. The van der Waals surface area contributed by atoms with Gasteiger partial charge < -0.3 is 46.7 Å². The number of hydrogen-bond acceptors (Lipinski definition) is 20. The molecule has 2 fully saturated rings. The summed E-state index contributed by atoms with van der Waals surface area (Å²) in [4.78, 5) is 115. The first kappa shape index (κ1) is 73.9. The highest BCUT2D eigenvalue weighted by Gasteiger charge is 2.60. The molecule has 0 aromatic heterocycles. The molecule has 4 amide bonds. The zero-order valence-corrected chi connectivity index (χ0v) is 58.8. The molecule has 2 saturated heterocycles. The molecule has 0 saturated carbocycles. The van der Waals surface area contributed by atoms with E-state index in [1.807, 2.05) is 74.1 Å². The topological polar surface area (TPSA) is 343 Å². The number of ketones is 4. The Morgan fingerprint density at radius 3 is 1.41 bits per heavy atom. The number of hydrogen-bond donors (Lipinski definition) is 7. The number of nitriles is 2. The van der Waals surface area contributed by atoms with E-state index >= 15 is 0 Å². The first-order valence-corrected chi connectivity index (χ1v) is 33.5. The molecular weight excluding hydrogens is 1310 g/mol. The Morgan fingerprint density at radius 2 is 1.03 bits per heavy atom. The van der Waals surface area contributed by atoms with Gasteiger partial charge in [0.15, 0.2) is 46.1 Å². The largest absolute Gasteiger partial charge is 0.504 e. The van der Waals surface area contributed by atoms with Gasteiger partial charge in [0, 0.05) is 98.7 Å². The number of piperazine rings is 2. The number of aromatic hydroxyl groups is 2. The Bertz CT molecular complexity index is 4210. The monoisotopic (exact) mass is 1390 g/mol. The molecule has 0 unspecified atom stereocenters. The number of phenols is 2. The molecule has 8 aliphatic rings. The molecule has 0 radical (unpaired) electrons. The fourth-order valence-corrected chi connectivity index (χ4v) is 15.6. The van der Waals surface area contributed by atoms with Gasteiger partial charge in [-0.1, -0.05) is 48.5 Å². The summed E-state index contributed by atoms with van der Waals surface area (Å²) in [6.07, 6.45) is 2.85. The molecule has 4 aromatic carbocycles. The number of alkyl halides is 2. The van der Waals surface area contributed by atoms with Crippen molar-refractivity contribution in [3.8, 4) is 35.1 Å². The molecule has 2 aliphatic carbocycles. The van der Waals surface area contributed by atoms with Gasteiger partial charge in [-0.15, -0.1) is 23.2 Å². The highest BCUT2D eigenvalue weighted by atomic mass is 35.5. The molecule has 4 bridgehead atoms. The second-order valence-corrected chi connectivity index (χ2v) is 26.7. The predicted molar refractivity (Wildman–Crippen MR) is 371 cm³/mol. The number of carbonyl (C=O) groups is 7. The van der Waals surface area contributed by atoms with Crippen LogP contribution in [0.3, 0.4) is 0 Å². The number of halogens is 2. The number of anilines is 1. The number of allylic oxidation sites excluding steroid dienone is 4. The molecule has 26 heteroatoms. The van der Waals surface area contributed by atoms with Crippen LogP contribution in [0.4, 0.5) is 16.2 Å². The lowest BCUT2D eigenvalue weighted by molar-refractivity contribution is -0.124. The number of nitrogens with two attached hydrogens (primary N) is 1. The Labute approximate surface area is 585 Å². The normalized spacial score (nSPS) is 24.9. The molecule has 12 atom stereocenters. The van der Waals surface area contributed by atoms with Crippen LogP contribution in [0, 0.1) is 36.5 Å². The Balaban J connectivity index is 0.000000201. The lowest BCUT2D eigenvalue weighted by Gasteiger charge is -2.60. The van der Waals surface area contributed by atoms with Gasteiger partial charge in [0.1, 0.15) is 18.1 Å². The summed E-state index contributed by atoms with van der Waals surface area (Å²) in [6.45, 7) is 13.4. The minimum atomic E-state index is -0.938. The smallest absolute Gasteiger partial charge is 0.319 e. The second kappa shape index (κ2) is 30.8. The van der Waals surface area contributed by atoms with E-state index in [0.29, 0.717) is 85.9 Å². The number of nitrogens with one attached hydrogen (secondary N) is 4. The van der Waals surface area contributed by atoms with Crippen LogP contribution in [-0.4, -0.2) is 184 Å². The molecule has 8 N–H and O–H groups in total. The number of likely N-dealkylation sites (N-methyl/N-ethyl adjacent to an activating group) is 2. The summed E-state index contributed by atoms with van der Waals surface area (Å²) in [5, 5.41) is 55.5. The van der Waals surface area contributed by atoms with Crippen LogP contribution < -0.4 is 36.5 Å². The highest BCUT2D eigenvalue weighted by Crippen LogP contribution is 2.56. The molecule has 99 heavy (non-hydrogen) atoms. The van der Waals surface area contributed by atoms with E-state index in [9.17, 15) is 59.1 Å². The standard InChI is InChI=1S/C36H40N6O6.C29H35N5O5.C7H5NO.CH2Cl2/c1-17-12-21-13-24-26(15-37)42-25(30(41(24)5)28(21)33(45)34(17)48-6)14-23-29(32(44)19(3)18(2)31(23)43)27(42)16-38-35(46)20(4)39-36(47)40-22-10-8-7-9-11-22;1-12-7-16-8-18-20(10-30)34-19(24(33(18)5)22(16)27(37)28(12)39-6)9-17-23(21(34)11-32-29(38)15(4)31)26(36)14(3)13(2)25(17)35;9-6-8-7-4-2-1-3-5-7;2-1-3/h7-12,20,24-27,30,45H,13-14,16H2,1-6H3,(H,38,46)(H2,39,40,47);7,15,18-21,24,37H,8-9,11,31H2,1-6H3,(H,32,38);1-5H;1H2/t20-,24-,25-,26-,27-,30-;15-,18-,19-,20-,21-,24-;;/m00../s1. The second-order valence-electron chi connectivity index (χ2n) is 25.9. The number of Topliss-reactive ketones (excluding diaryl/α,β-unsaturated/α-hetero) is 4. The number of para-hydroxylation sites is 2. The summed E-state index contributed by atoms with van der Waals surface area (Å²) in [5.41, 5.74) is 14.8. The van der Waals surface area contributed by atoms with Crippen molar-refractivity contribution in [1.29, 1.82) is 10.5 Å². The fraction of sp³-hybridized carbons (Fsp3) is 0.425. The number of aliphatic imine (C=N–C) groups is 1. The zero-order chi connectivity index (χ0) is 72.3. The van der Waals surface area contributed by atoms with E-state index < -0.39 is 66.3 Å². The average molecular weight is 1390 g/mol. The van der Waals surface area contributed by atoms with Gasteiger partial charge in [0.25, 0.3) is 0 Å². The van der Waals surface area contributed by atoms with Gasteiger partial charge in [-0.05, 0) is 142 Å². The first-order valence-electron chi connectivity index (χ1n) is 32.4. The van der Waals surface area contributed by atoms with E-state index in [-0.39, 0.29) is 95.5 Å². The van der Waals surface area contributed by atoms with Crippen LogP contribution in [0.2, 0.25) is 0 Å². The van der Waals surface area contributed by atoms with E-state index in [4.69, 9.17) is 38.4 Å². The van der Waals surface area contributed by atoms with E-state index in [1.54, 1.807) is 77.9 Å². The highest BCUT2D eigenvalue weighted by molar-refractivity contribution is 6.40. The van der Waals surface area contributed by atoms with Crippen LogP contribution in [0.25, 0.3) is 0 Å². The van der Waals surface area contributed by atoms with Crippen molar-refractivity contribution in [3.05, 3.63) is 151 Å². The Morgan fingerprint density at radius 1 is 0.636 bits per heavy atom. The van der Waals surface area contributed by atoms with Gasteiger partial charge in [-0.25, -0.2) is 9.59 Å². The molecule has 12 rings (SSSR count). The maximum absolute atomic E-state index is 14.0. The van der Waals surface area contributed by atoms with Gasteiger partial charge in [-0.3, -0.25) is 48.4 Å². The quantitative estimate of drug-likeness (QED) is 0.0334. The van der Waals surface area contributed by atoms with Crippen LogP contribution >= 0.6 is 23.2 Å². The Hall–Kier alpha value is -9.33. The van der Waals surface area contributed by atoms with Crippen LogP contribution in [0.15, 0.2) is 122 Å². The molecule has 6 heterocycles. The number of methoxy groups -OCH3 is 2. The molecule has 24 nitrogen and oxygen atoms in total. The molecule has 520 valence electrons. The fourth-order valence-electron chi connectivity index (χ4n) is 15.6. The van der Waals surface area contributed by atoms with E-state index in [1.165, 1.54) is 20.3 Å². The summed E-state index contributed by atoms with van der Waals surface area (Å²) in [7, 11) is 6.88. The zero-order valence-electron chi connectivity index (χ0n) is 57.2. The average Bonchev–Trinajstić information content (AvgIpc) is 0.708. The summed E-state index contributed by atoms with van der Waals surface area (Å²) in [5.74, 6) is -0.982. The van der Waals surface area contributed by atoms with Gasteiger partial charge in [0.05, 0.1) is 67.6 Å². The number of ether oxygens (including phenoxy) is 2.